The molecule has 2 bridgehead atoms. The van der Waals surface area contributed by atoms with Gasteiger partial charge >= 0.3 is 11.9 Å². The molecule has 1 aliphatic carbocycles. The van der Waals surface area contributed by atoms with Crippen molar-refractivity contribution in [1.29, 1.82) is 0 Å². The van der Waals surface area contributed by atoms with Crippen LogP contribution in [-0.4, -0.2) is 53.0 Å². The Hall–Kier alpha value is -3.98. The molecule has 1 amide bonds. The molecule has 3 heterocycles. The molecule has 3 atom stereocenters. The van der Waals surface area contributed by atoms with Gasteiger partial charge in [0.25, 0.3) is 0 Å². The summed E-state index contributed by atoms with van der Waals surface area (Å²) in [5.41, 5.74) is 1.76. The summed E-state index contributed by atoms with van der Waals surface area (Å²) < 4.78 is 11.3. The Balaban J connectivity index is 1.14. The number of anilines is 1. The van der Waals surface area contributed by atoms with E-state index in [2.05, 4.69) is 5.32 Å². The maximum atomic E-state index is 14.8. The number of ketones is 1. The highest BCUT2D eigenvalue weighted by atomic mass is 35.5. The van der Waals surface area contributed by atoms with Crippen molar-refractivity contribution in [1.82, 2.24) is 5.32 Å². The molecule has 0 spiro atoms. The third kappa shape index (κ3) is 4.89. The standard InChI is InChI=1S/C39H36Cl2N2O6/c1-21(44)48-32-16-29-30(15-23(18-40)34(29)27-9-5-3-7-25(27)32)36(46)38-11-13-39(42-38,14-12-38)37(47)43-20-24(19-41)35-28-10-6-4-8-26(28)33(17-31(35)43)49-22(2)45/h3-10,16-17,23-24,30,42H,11-15,18-20H2,1-2H3/t23-,24?,30?,38?,39?/m0/s1. The van der Waals surface area contributed by atoms with Crippen LogP contribution in [-0.2, 0) is 19.2 Å². The number of hydrogen-bond acceptors (Lipinski definition) is 7. The molecule has 4 aromatic carbocycles. The van der Waals surface area contributed by atoms with Crippen LogP contribution in [0.25, 0.3) is 21.5 Å². The molecule has 10 heteroatoms. The van der Waals surface area contributed by atoms with Crippen LogP contribution in [0, 0.1) is 0 Å². The van der Waals surface area contributed by atoms with Gasteiger partial charge in [-0.3, -0.25) is 24.5 Å². The van der Waals surface area contributed by atoms with Gasteiger partial charge in [0.2, 0.25) is 5.91 Å². The van der Waals surface area contributed by atoms with E-state index in [0.717, 1.165) is 38.2 Å². The van der Waals surface area contributed by atoms with Gasteiger partial charge in [-0.1, -0.05) is 48.5 Å². The minimum absolute atomic E-state index is 0.0395. The van der Waals surface area contributed by atoms with Crippen molar-refractivity contribution < 1.29 is 28.7 Å². The van der Waals surface area contributed by atoms with Gasteiger partial charge in [-0.2, -0.15) is 0 Å². The molecular weight excluding hydrogens is 663 g/mol. The van der Waals surface area contributed by atoms with Crippen LogP contribution in [0.5, 0.6) is 11.5 Å². The molecule has 4 aromatic rings. The van der Waals surface area contributed by atoms with Crippen LogP contribution in [0.4, 0.5) is 5.69 Å². The number of ether oxygens (including phenoxy) is 2. The molecule has 2 fully saturated rings. The van der Waals surface area contributed by atoms with Crippen molar-refractivity contribution in [2.75, 3.05) is 23.2 Å². The summed E-state index contributed by atoms with van der Waals surface area (Å²) in [5.74, 6) is 0.00801. The zero-order valence-electron chi connectivity index (χ0n) is 27.3. The molecule has 2 unspecified atom stereocenters. The van der Waals surface area contributed by atoms with Gasteiger partial charge in [-0.15, -0.1) is 23.2 Å². The summed E-state index contributed by atoms with van der Waals surface area (Å²) in [6.45, 7) is 3.13. The van der Waals surface area contributed by atoms with E-state index in [1.54, 1.807) is 11.0 Å². The highest BCUT2D eigenvalue weighted by Crippen LogP contribution is 2.55. The Labute approximate surface area is 294 Å². The molecule has 49 heavy (non-hydrogen) atoms. The van der Waals surface area contributed by atoms with Crippen molar-refractivity contribution in [3.63, 3.8) is 0 Å². The van der Waals surface area contributed by atoms with Gasteiger partial charge < -0.3 is 14.4 Å². The van der Waals surface area contributed by atoms with E-state index in [4.69, 9.17) is 32.7 Å². The van der Waals surface area contributed by atoms with Crippen LogP contribution in [0.1, 0.15) is 80.4 Å². The molecule has 1 N–H and O–H groups in total. The number of fused-ring (bicyclic) bond motifs is 8. The molecular formula is C39H36Cl2N2O6. The zero-order chi connectivity index (χ0) is 34.2. The van der Waals surface area contributed by atoms with E-state index in [0.29, 0.717) is 67.6 Å². The van der Waals surface area contributed by atoms with Crippen molar-refractivity contribution in [2.24, 2.45) is 0 Å². The number of esters is 2. The zero-order valence-corrected chi connectivity index (χ0v) is 28.8. The second-order valence-electron chi connectivity index (χ2n) is 14.0. The monoisotopic (exact) mass is 698 g/mol. The van der Waals surface area contributed by atoms with Crippen LogP contribution in [0.3, 0.4) is 0 Å². The van der Waals surface area contributed by atoms with Crippen LogP contribution in [0.15, 0.2) is 60.7 Å². The lowest BCUT2D eigenvalue weighted by atomic mass is 9.75. The van der Waals surface area contributed by atoms with Gasteiger partial charge in [0.15, 0.2) is 5.78 Å². The van der Waals surface area contributed by atoms with Crippen molar-refractivity contribution in [3.8, 4) is 11.5 Å². The number of Topliss-reactive ketones (excluding diaryl/α,β-unsaturated/α-hetero) is 1. The SMILES string of the molecule is CC(=O)Oc1cc2c(c3ccccc13)C(CCl)CN2C(=O)C12CCC(C(=O)C3C[C@@H](CCl)c4c3cc(OC(C)=O)c3ccccc43)(CC1)N2. The van der Waals surface area contributed by atoms with Gasteiger partial charge in [-0.05, 0) is 71.6 Å². The molecule has 3 aliphatic heterocycles. The summed E-state index contributed by atoms with van der Waals surface area (Å²) in [6, 6.07) is 19.1. The van der Waals surface area contributed by atoms with Crippen LogP contribution >= 0.6 is 23.2 Å². The number of hydrogen-bond donors (Lipinski definition) is 1. The second-order valence-corrected chi connectivity index (χ2v) is 14.6. The number of halogens is 2. The second kappa shape index (κ2) is 11.8. The Morgan fingerprint density at radius 3 is 1.86 bits per heavy atom. The molecule has 0 aromatic heterocycles. The minimum Gasteiger partial charge on any atom is -0.426 e. The smallest absolute Gasteiger partial charge is 0.308 e. The van der Waals surface area contributed by atoms with E-state index < -0.39 is 28.9 Å². The number of nitrogens with zero attached hydrogens (tertiary/aromatic N) is 1. The third-order valence-corrected chi connectivity index (χ3v) is 12.0. The number of rotatable bonds is 7. The average molecular weight is 700 g/mol. The van der Waals surface area contributed by atoms with Crippen molar-refractivity contribution >= 4 is 74.1 Å². The van der Waals surface area contributed by atoms with Gasteiger partial charge in [0.05, 0.1) is 16.8 Å². The minimum atomic E-state index is -0.916. The molecule has 4 aliphatic rings. The Morgan fingerprint density at radius 2 is 1.29 bits per heavy atom. The molecule has 0 radical (unpaired) electrons. The predicted octanol–water partition coefficient (Wildman–Crippen LogP) is 7.25. The molecule has 8 nitrogen and oxygen atoms in total. The maximum Gasteiger partial charge on any atom is 0.308 e. The fourth-order valence-electron chi connectivity index (χ4n) is 9.24. The summed E-state index contributed by atoms with van der Waals surface area (Å²) >= 11 is 13.1. The lowest BCUT2D eigenvalue weighted by Crippen LogP contribution is -2.56. The largest absolute Gasteiger partial charge is 0.426 e. The van der Waals surface area contributed by atoms with E-state index in [9.17, 15) is 19.2 Å². The summed E-state index contributed by atoms with van der Waals surface area (Å²) in [4.78, 5) is 55.5. The summed E-state index contributed by atoms with van der Waals surface area (Å²) in [6.07, 6.45) is 2.67. The number of carbonyl (C=O) groups is 4. The van der Waals surface area contributed by atoms with Gasteiger partial charge in [0, 0.05) is 60.8 Å². The first-order valence-corrected chi connectivity index (χ1v) is 17.9. The van der Waals surface area contributed by atoms with Crippen LogP contribution < -0.4 is 19.7 Å². The number of nitrogens with one attached hydrogen (secondary N) is 1. The van der Waals surface area contributed by atoms with Gasteiger partial charge in [-0.25, -0.2) is 0 Å². The van der Waals surface area contributed by atoms with E-state index in [1.807, 2.05) is 54.6 Å². The maximum absolute atomic E-state index is 14.8. The van der Waals surface area contributed by atoms with E-state index in [-0.39, 0.29) is 23.5 Å². The molecule has 2 saturated heterocycles. The summed E-state index contributed by atoms with van der Waals surface area (Å²) in [5, 5.41) is 7.07. The average Bonchev–Trinajstić information content (AvgIpc) is 3.87. The van der Waals surface area contributed by atoms with Crippen LogP contribution in [0.2, 0.25) is 0 Å². The van der Waals surface area contributed by atoms with E-state index >= 15 is 0 Å². The normalized spacial score (nSPS) is 26.6. The number of benzene rings is 4. The number of alkyl halides is 2. The first-order valence-electron chi connectivity index (χ1n) is 16.9. The topological polar surface area (TPSA) is 102 Å². The van der Waals surface area contributed by atoms with Gasteiger partial charge in [0.1, 0.15) is 11.5 Å². The Morgan fingerprint density at radius 1 is 0.755 bits per heavy atom. The lowest BCUT2D eigenvalue weighted by molar-refractivity contribution is -0.132. The van der Waals surface area contributed by atoms with Crippen molar-refractivity contribution in [3.05, 3.63) is 77.4 Å². The molecule has 0 saturated carbocycles. The number of amides is 1. The Bertz CT molecular complexity index is 1940. The third-order valence-electron chi connectivity index (χ3n) is 11.3. The highest BCUT2D eigenvalue weighted by molar-refractivity contribution is 6.19. The Kier molecular flexibility index (Phi) is 7.78. The molecule has 252 valence electrons. The fourth-order valence-corrected chi connectivity index (χ4v) is 9.77. The summed E-state index contributed by atoms with van der Waals surface area (Å²) in [7, 11) is 0. The van der Waals surface area contributed by atoms with Crippen molar-refractivity contribution in [2.45, 2.75) is 74.8 Å². The molecule has 8 rings (SSSR count). The van der Waals surface area contributed by atoms with E-state index in [1.165, 1.54) is 13.8 Å². The quantitative estimate of drug-likeness (QED) is 0.123. The fraction of sp³-hybridized carbons (Fsp3) is 0.385. The highest BCUT2D eigenvalue weighted by Gasteiger charge is 2.63. The first kappa shape index (κ1) is 32.2. The predicted molar refractivity (Wildman–Crippen MR) is 189 cm³/mol. The lowest BCUT2D eigenvalue weighted by Gasteiger charge is -2.31. The number of carbonyl (C=O) groups excluding carboxylic acids is 4. The first-order chi connectivity index (χ1) is 23.6.